The van der Waals surface area contributed by atoms with Gasteiger partial charge in [0.2, 0.25) is 0 Å². The van der Waals surface area contributed by atoms with Crippen LogP contribution in [0.2, 0.25) is 0 Å². The van der Waals surface area contributed by atoms with Gasteiger partial charge in [-0.1, -0.05) is 19.4 Å². The van der Waals surface area contributed by atoms with Gasteiger partial charge in [0, 0.05) is 6.20 Å². The Morgan fingerprint density at radius 3 is 2.67 bits per heavy atom. The molecule has 1 N–H and O–H groups in total. The molecule has 4 heteroatoms. The monoisotopic (exact) mass is 251 g/mol. The van der Waals surface area contributed by atoms with Crippen molar-refractivity contribution >= 4 is 5.97 Å². The summed E-state index contributed by atoms with van der Waals surface area (Å²) in [6.45, 7) is 5.37. The summed E-state index contributed by atoms with van der Waals surface area (Å²) in [6.07, 6.45) is 3.72. The van der Waals surface area contributed by atoms with Crippen molar-refractivity contribution in [2.75, 3.05) is 0 Å². The molecule has 0 spiro atoms. The molecule has 0 unspecified atom stereocenters. The summed E-state index contributed by atoms with van der Waals surface area (Å²) in [7, 11) is 0. The summed E-state index contributed by atoms with van der Waals surface area (Å²) in [5, 5.41) is 9.26. The van der Waals surface area contributed by atoms with Gasteiger partial charge in [0.05, 0.1) is 6.10 Å². The highest BCUT2D eigenvalue weighted by Crippen LogP contribution is 2.08. The number of aromatic nitrogens is 1. The molecular formula is C14H21NO3. The van der Waals surface area contributed by atoms with Crippen molar-refractivity contribution in [3.05, 3.63) is 29.6 Å². The van der Waals surface area contributed by atoms with E-state index in [1.165, 1.54) is 0 Å². The maximum Gasteiger partial charge on any atom is 0.357 e. The van der Waals surface area contributed by atoms with Gasteiger partial charge in [-0.25, -0.2) is 9.78 Å². The van der Waals surface area contributed by atoms with E-state index < -0.39 is 18.2 Å². The zero-order valence-electron chi connectivity index (χ0n) is 11.2. The lowest BCUT2D eigenvalue weighted by atomic mass is 10.1. The van der Waals surface area contributed by atoms with Crippen molar-refractivity contribution in [2.45, 2.75) is 52.2 Å². The second-order valence-corrected chi connectivity index (χ2v) is 4.51. The van der Waals surface area contributed by atoms with Crippen LogP contribution in [0, 0.1) is 0 Å². The van der Waals surface area contributed by atoms with Crippen LogP contribution in [-0.4, -0.2) is 28.3 Å². The van der Waals surface area contributed by atoms with Crippen LogP contribution in [0.5, 0.6) is 0 Å². The van der Waals surface area contributed by atoms with Gasteiger partial charge >= 0.3 is 5.97 Å². The van der Waals surface area contributed by atoms with E-state index in [4.69, 9.17) is 4.74 Å². The number of carbonyl (C=O) groups is 1. The molecule has 100 valence electrons. The Morgan fingerprint density at radius 1 is 1.44 bits per heavy atom. The Balaban J connectivity index is 2.59. The normalized spacial score (nSPS) is 14.0. The number of rotatable bonds is 6. The summed E-state index contributed by atoms with van der Waals surface area (Å²) in [5.74, 6) is -0.495. The van der Waals surface area contributed by atoms with E-state index in [-0.39, 0.29) is 5.69 Å². The number of hydrogen-bond donors (Lipinski definition) is 1. The smallest absolute Gasteiger partial charge is 0.357 e. The van der Waals surface area contributed by atoms with Crippen LogP contribution in [0.15, 0.2) is 18.3 Å². The molecule has 0 bridgehead atoms. The Kier molecular flexibility index (Phi) is 5.78. The number of ether oxygens (including phenoxy) is 1. The number of aliphatic hydroxyl groups excluding tert-OH is 1. The molecule has 0 aromatic carbocycles. The molecular weight excluding hydrogens is 230 g/mol. The topological polar surface area (TPSA) is 59.4 Å². The number of aryl methyl sites for hydroxylation is 1. The number of esters is 1. The van der Waals surface area contributed by atoms with E-state index in [9.17, 15) is 9.90 Å². The minimum atomic E-state index is -0.683. The van der Waals surface area contributed by atoms with Crippen molar-refractivity contribution in [3.8, 4) is 0 Å². The zero-order valence-corrected chi connectivity index (χ0v) is 11.2. The molecule has 0 aliphatic heterocycles. The average molecular weight is 251 g/mol. The number of pyridine rings is 1. The third-order valence-corrected chi connectivity index (χ3v) is 2.83. The van der Waals surface area contributed by atoms with E-state index >= 15 is 0 Å². The molecule has 1 heterocycles. The highest BCUT2D eigenvalue weighted by Gasteiger charge is 2.16. The van der Waals surface area contributed by atoms with Crippen molar-refractivity contribution < 1.29 is 14.6 Å². The number of hydrogen-bond acceptors (Lipinski definition) is 4. The van der Waals surface area contributed by atoms with E-state index in [0.717, 1.165) is 24.8 Å². The van der Waals surface area contributed by atoms with E-state index in [0.29, 0.717) is 0 Å². The van der Waals surface area contributed by atoms with Crippen molar-refractivity contribution in [2.24, 2.45) is 0 Å². The summed E-state index contributed by atoms with van der Waals surface area (Å²) >= 11 is 0. The SMILES string of the molecule is CCCCc1ccc(C(=O)O[C@H](C)[C@H](C)O)nc1. The lowest BCUT2D eigenvalue weighted by Crippen LogP contribution is -2.26. The summed E-state index contributed by atoms with van der Waals surface area (Å²) in [5.41, 5.74) is 1.40. The third kappa shape index (κ3) is 4.45. The lowest BCUT2D eigenvalue weighted by molar-refractivity contribution is -0.00520. The first kappa shape index (κ1) is 14.6. The fourth-order valence-electron chi connectivity index (χ4n) is 1.40. The Bertz CT molecular complexity index is 373. The first-order valence-electron chi connectivity index (χ1n) is 6.38. The Labute approximate surface area is 108 Å². The van der Waals surface area contributed by atoms with Gasteiger partial charge in [0.1, 0.15) is 11.8 Å². The maximum atomic E-state index is 11.7. The largest absolute Gasteiger partial charge is 0.455 e. The summed E-state index contributed by atoms with van der Waals surface area (Å²) in [6, 6.07) is 3.56. The lowest BCUT2D eigenvalue weighted by Gasteiger charge is -2.15. The second kappa shape index (κ2) is 7.11. The highest BCUT2D eigenvalue weighted by molar-refractivity contribution is 5.87. The van der Waals surface area contributed by atoms with Gasteiger partial charge in [0.15, 0.2) is 0 Å². The molecule has 1 aromatic heterocycles. The van der Waals surface area contributed by atoms with E-state index in [1.54, 1.807) is 26.1 Å². The van der Waals surface area contributed by atoms with Gasteiger partial charge in [-0.15, -0.1) is 0 Å². The van der Waals surface area contributed by atoms with Gasteiger partial charge in [-0.2, -0.15) is 0 Å². The van der Waals surface area contributed by atoms with Crippen molar-refractivity contribution in [1.29, 1.82) is 0 Å². The Hall–Kier alpha value is -1.42. The quantitative estimate of drug-likeness (QED) is 0.788. The molecule has 1 aromatic rings. The molecule has 1 rings (SSSR count). The van der Waals surface area contributed by atoms with Crippen molar-refractivity contribution in [1.82, 2.24) is 4.98 Å². The van der Waals surface area contributed by atoms with Crippen LogP contribution < -0.4 is 0 Å². The number of unbranched alkanes of at least 4 members (excludes halogenated alkanes) is 1. The number of carbonyl (C=O) groups excluding carboxylic acids is 1. The van der Waals surface area contributed by atoms with Crippen LogP contribution in [0.25, 0.3) is 0 Å². The molecule has 0 aliphatic carbocycles. The minimum absolute atomic E-state index is 0.280. The predicted molar refractivity (Wildman–Crippen MR) is 69.4 cm³/mol. The second-order valence-electron chi connectivity index (χ2n) is 4.51. The number of nitrogens with zero attached hydrogens (tertiary/aromatic N) is 1. The minimum Gasteiger partial charge on any atom is -0.455 e. The van der Waals surface area contributed by atoms with Crippen LogP contribution in [0.1, 0.15) is 49.7 Å². The predicted octanol–water partition coefficient (Wildman–Crippen LogP) is 2.35. The van der Waals surface area contributed by atoms with E-state index in [1.807, 2.05) is 6.07 Å². The molecule has 4 nitrogen and oxygen atoms in total. The van der Waals surface area contributed by atoms with Gasteiger partial charge in [-0.3, -0.25) is 0 Å². The molecule has 0 saturated carbocycles. The zero-order chi connectivity index (χ0) is 13.5. The van der Waals surface area contributed by atoms with Gasteiger partial charge < -0.3 is 9.84 Å². The van der Waals surface area contributed by atoms with Gasteiger partial charge in [0.25, 0.3) is 0 Å². The fraction of sp³-hybridized carbons (Fsp3) is 0.571. The van der Waals surface area contributed by atoms with Crippen molar-refractivity contribution in [3.63, 3.8) is 0 Å². The average Bonchev–Trinajstić information content (AvgIpc) is 2.36. The van der Waals surface area contributed by atoms with Crippen LogP contribution in [0.3, 0.4) is 0 Å². The molecule has 0 saturated heterocycles. The standard InChI is InChI=1S/C14H21NO3/c1-4-5-6-12-7-8-13(15-9-12)14(17)18-11(3)10(2)16/h7-11,16H,4-6H2,1-3H3/t10-,11+/m0/s1. The van der Waals surface area contributed by atoms with Crippen LogP contribution in [0.4, 0.5) is 0 Å². The maximum absolute atomic E-state index is 11.7. The Morgan fingerprint density at radius 2 is 2.17 bits per heavy atom. The number of aliphatic hydroxyl groups is 1. The highest BCUT2D eigenvalue weighted by atomic mass is 16.6. The summed E-state index contributed by atoms with van der Waals surface area (Å²) < 4.78 is 5.07. The molecule has 0 aliphatic rings. The molecule has 0 radical (unpaired) electrons. The summed E-state index contributed by atoms with van der Waals surface area (Å²) in [4.78, 5) is 15.8. The molecule has 0 fully saturated rings. The first-order valence-corrected chi connectivity index (χ1v) is 6.38. The fourth-order valence-corrected chi connectivity index (χ4v) is 1.40. The molecule has 2 atom stereocenters. The molecule has 18 heavy (non-hydrogen) atoms. The van der Waals surface area contributed by atoms with Gasteiger partial charge in [-0.05, 0) is 38.3 Å². The molecule has 0 amide bonds. The van der Waals surface area contributed by atoms with Crippen LogP contribution >= 0.6 is 0 Å². The first-order chi connectivity index (χ1) is 8.54. The third-order valence-electron chi connectivity index (χ3n) is 2.83. The van der Waals surface area contributed by atoms with E-state index in [2.05, 4.69) is 11.9 Å². The van der Waals surface area contributed by atoms with Crippen LogP contribution in [-0.2, 0) is 11.2 Å².